The van der Waals surface area contributed by atoms with Crippen LogP contribution < -0.4 is 0 Å². The summed E-state index contributed by atoms with van der Waals surface area (Å²) in [6, 6.07) is 10.0. The standard InChI is InChI=1S/C16H12FIO2S/c1-9-7-12(18)8-13-14(9)20-15(16(13)21(2)19)10-3-5-11(17)6-4-10/h3-8H,1-2H3. The van der Waals surface area contributed by atoms with Crippen molar-refractivity contribution in [1.82, 2.24) is 0 Å². The van der Waals surface area contributed by atoms with E-state index in [1.54, 1.807) is 18.4 Å². The third-order valence-electron chi connectivity index (χ3n) is 3.29. The van der Waals surface area contributed by atoms with Gasteiger partial charge in [-0.15, -0.1) is 0 Å². The van der Waals surface area contributed by atoms with Crippen LogP contribution in [0.15, 0.2) is 45.7 Å². The van der Waals surface area contributed by atoms with Gasteiger partial charge in [0.05, 0.1) is 15.7 Å². The summed E-state index contributed by atoms with van der Waals surface area (Å²) in [5.41, 5.74) is 2.46. The Bertz CT molecular complexity index is 853. The molecule has 0 bridgehead atoms. The molecule has 0 fully saturated rings. The molecule has 0 N–H and O–H groups in total. The highest BCUT2D eigenvalue weighted by atomic mass is 127. The van der Waals surface area contributed by atoms with Crippen molar-refractivity contribution in [3.63, 3.8) is 0 Å². The number of halogens is 2. The first-order chi connectivity index (χ1) is 9.97. The first-order valence-electron chi connectivity index (χ1n) is 6.29. The van der Waals surface area contributed by atoms with Crippen LogP contribution in [0.2, 0.25) is 0 Å². The van der Waals surface area contributed by atoms with Gasteiger partial charge < -0.3 is 4.42 Å². The van der Waals surface area contributed by atoms with Gasteiger partial charge in [-0.05, 0) is 71.5 Å². The predicted molar refractivity (Wildman–Crippen MR) is 91.4 cm³/mol. The van der Waals surface area contributed by atoms with E-state index >= 15 is 0 Å². The Hall–Kier alpha value is -1.21. The summed E-state index contributed by atoms with van der Waals surface area (Å²) in [7, 11) is -1.20. The Kier molecular flexibility index (Phi) is 3.88. The van der Waals surface area contributed by atoms with Crippen molar-refractivity contribution >= 4 is 44.4 Å². The number of fused-ring (bicyclic) bond motifs is 1. The summed E-state index contributed by atoms with van der Waals surface area (Å²) in [4.78, 5) is 0.665. The fourth-order valence-electron chi connectivity index (χ4n) is 2.38. The molecule has 0 saturated carbocycles. The van der Waals surface area contributed by atoms with Crippen LogP contribution in [0.4, 0.5) is 4.39 Å². The SMILES string of the molecule is Cc1cc(I)cc2c(S(C)=O)c(-c3ccc(F)cc3)oc12. The number of hydrogen-bond acceptors (Lipinski definition) is 2. The van der Waals surface area contributed by atoms with E-state index in [4.69, 9.17) is 4.42 Å². The molecule has 0 spiro atoms. The lowest BCUT2D eigenvalue weighted by molar-refractivity contribution is 0.616. The maximum absolute atomic E-state index is 13.1. The minimum atomic E-state index is -1.20. The third-order valence-corrected chi connectivity index (χ3v) is 4.89. The van der Waals surface area contributed by atoms with E-state index in [1.807, 2.05) is 19.1 Å². The predicted octanol–water partition coefficient (Wildman–Crippen LogP) is 4.89. The lowest BCUT2D eigenvalue weighted by Crippen LogP contribution is -1.89. The summed E-state index contributed by atoms with van der Waals surface area (Å²) in [5.74, 6) is 0.246. The van der Waals surface area contributed by atoms with Crippen molar-refractivity contribution in [2.24, 2.45) is 0 Å². The van der Waals surface area contributed by atoms with Crippen LogP contribution in [-0.4, -0.2) is 10.5 Å². The highest BCUT2D eigenvalue weighted by molar-refractivity contribution is 14.1. The topological polar surface area (TPSA) is 30.2 Å². The number of benzene rings is 2. The van der Waals surface area contributed by atoms with E-state index < -0.39 is 10.8 Å². The zero-order valence-corrected chi connectivity index (χ0v) is 14.4. The maximum atomic E-state index is 13.1. The van der Waals surface area contributed by atoms with E-state index in [1.165, 1.54) is 12.1 Å². The minimum absolute atomic E-state index is 0.306. The molecular formula is C16H12FIO2S. The van der Waals surface area contributed by atoms with Crippen LogP contribution in [-0.2, 0) is 10.8 Å². The summed E-state index contributed by atoms with van der Waals surface area (Å²) in [6.45, 7) is 1.96. The van der Waals surface area contributed by atoms with E-state index in [-0.39, 0.29) is 5.82 Å². The monoisotopic (exact) mass is 414 g/mol. The molecule has 0 amide bonds. The number of aryl methyl sites for hydroxylation is 1. The highest BCUT2D eigenvalue weighted by Gasteiger charge is 2.20. The van der Waals surface area contributed by atoms with Crippen molar-refractivity contribution in [2.45, 2.75) is 11.8 Å². The van der Waals surface area contributed by atoms with Crippen molar-refractivity contribution < 1.29 is 13.0 Å². The summed E-state index contributed by atoms with van der Waals surface area (Å²) in [6.07, 6.45) is 1.63. The van der Waals surface area contributed by atoms with Gasteiger partial charge in [0.15, 0.2) is 5.76 Å². The molecule has 2 aromatic carbocycles. The van der Waals surface area contributed by atoms with Crippen LogP contribution in [0.5, 0.6) is 0 Å². The molecule has 1 aromatic heterocycles. The Balaban J connectivity index is 2.37. The van der Waals surface area contributed by atoms with E-state index in [9.17, 15) is 8.60 Å². The smallest absolute Gasteiger partial charge is 0.151 e. The zero-order valence-electron chi connectivity index (χ0n) is 11.4. The average Bonchev–Trinajstić information content (AvgIpc) is 2.79. The van der Waals surface area contributed by atoms with Gasteiger partial charge >= 0.3 is 0 Å². The summed E-state index contributed by atoms with van der Waals surface area (Å²) < 4.78 is 32.3. The van der Waals surface area contributed by atoms with E-state index in [0.29, 0.717) is 10.7 Å². The van der Waals surface area contributed by atoms with E-state index in [2.05, 4.69) is 22.6 Å². The number of hydrogen-bond donors (Lipinski definition) is 0. The molecule has 3 rings (SSSR count). The largest absolute Gasteiger partial charge is 0.454 e. The number of rotatable bonds is 2. The van der Waals surface area contributed by atoms with Gasteiger partial charge in [0, 0.05) is 20.8 Å². The second-order valence-electron chi connectivity index (χ2n) is 4.82. The van der Waals surface area contributed by atoms with Gasteiger partial charge in [-0.3, -0.25) is 4.21 Å². The van der Waals surface area contributed by atoms with Gasteiger partial charge in [-0.2, -0.15) is 0 Å². The highest BCUT2D eigenvalue weighted by Crippen LogP contribution is 2.37. The lowest BCUT2D eigenvalue weighted by atomic mass is 10.1. The van der Waals surface area contributed by atoms with Crippen LogP contribution in [0.25, 0.3) is 22.3 Å². The molecular weight excluding hydrogens is 402 g/mol. The fourth-order valence-corrected chi connectivity index (χ4v) is 4.04. The molecule has 1 atom stereocenters. The third kappa shape index (κ3) is 2.64. The first-order valence-corrected chi connectivity index (χ1v) is 8.93. The molecule has 1 unspecified atom stereocenters. The Morgan fingerprint density at radius 1 is 1.19 bits per heavy atom. The van der Waals surface area contributed by atoms with Crippen LogP contribution >= 0.6 is 22.6 Å². The summed E-state index contributed by atoms with van der Waals surface area (Å²) in [5, 5.41) is 0.861. The minimum Gasteiger partial charge on any atom is -0.454 e. The first kappa shape index (κ1) is 14.7. The van der Waals surface area contributed by atoms with Gasteiger partial charge in [-0.1, -0.05) is 0 Å². The van der Waals surface area contributed by atoms with Gasteiger partial charge in [0.25, 0.3) is 0 Å². The van der Waals surface area contributed by atoms with Crippen molar-refractivity contribution in [1.29, 1.82) is 0 Å². The molecule has 0 aliphatic carbocycles. The Morgan fingerprint density at radius 2 is 1.86 bits per heavy atom. The molecule has 0 saturated heterocycles. The molecule has 1 heterocycles. The van der Waals surface area contributed by atoms with Gasteiger partial charge in [0.2, 0.25) is 0 Å². The maximum Gasteiger partial charge on any atom is 0.151 e. The molecule has 5 heteroatoms. The van der Waals surface area contributed by atoms with Crippen LogP contribution in [0.3, 0.4) is 0 Å². The lowest BCUT2D eigenvalue weighted by Gasteiger charge is -2.00. The molecule has 21 heavy (non-hydrogen) atoms. The average molecular weight is 414 g/mol. The molecule has 0 aliphatic rings. The zero-order chi connectivity index (χ0) is 15.1. The second-order valence-corrected chi connectivity index (χ2v) is 7.38. The molecule has 3 aromatic rings. The molecule has 0 radical (unpaired) electrons. The summed E-state index contributed by atoms with van der Waals surface area (Å²) >= 11 is 2.23. The Morgan fingerprint density at radius 3 is 2.48 bits per heavy atom. The fraction of sp³-hybridized carbons (Fsp3) is 0.125. The normalized spacial score (nSPS) is 12.8. The van der Waals surface area contributed by atoms with Crippen molar-refractivity contribution in [3.8, 4) is 11.3 Å². The Labute approximate surface area is 137 Å². The van der Waals surface area contributed by atoms with Gasteiger partial charge in [-0.25, -0.2) is 4.39 Å². The molecule has 2 nitrogen and oxygen atoms in total. The van der Waals surface area contributed by atoms with E-state index in [0.717, 1.165) is 25.7 Å². The molecule has 0 aliphatic heterocycles. The van der Waals surface area contributed by atoms with Crippen molar-refractivity contribution in [2.75, 3.05) is 6.26 Å². The quantitative estimate of drug-likeness (QED) is 0.559. The second kappa shape index (κ2) is 5.53. The van der Waals surface area contributed by atoms with Crippen molar-refractivity contribution in [3.05, 3.63) is 51.3 Å². The molecule has 108 valence electrons. The van der Waals surface area contributed by atoms with Crippen LogP contribution in [0, 0.1) is 16.3 Å². The van der Waals surface area contributed by atoms with Gasteiger partial charge in [0.1, 0.15) is 11.4 Å². The number of furan rings is 1. The van der Waals surface area contributed by atoms with Crippen LogP contribution in [0.1, 0.15) is 5.56 Å².